The summed E-state index contributed by atoms with van der Waals surface area (Å²) in [5.41, 5.74) is 3.09. The zero-order chi connectivity index (χ0) is 11.9. The van der Waals surface area contributed by atoms with Gasteiger partial charge in [0.25, 0.3) is 0 Å². The molecule has 2 aromatic rings. The Kier molecular flexibility index (Phi) is 4.53. The van der Waals surface area contributed by atoms with Gasteiger partial charge >= 0.3 is 0 Å². The maximum Gasteiger partial charge on any atom is 0.119 e. The molecule has 0 atom stereocenters. The van der Waals surface area contributed by atoms with E-state index in [1.165, 1.54) is 10.4 Å². The lowest BCUT2D eigenvalue weighted by Gasteiger charge is -2.06. The molecular formula is C13H16N2OS. The molecule has 4 heteroatoms. The lowest BCUT2D eigenvalue weighted by Crippen LogP contribution is -2.11. The monoisotopic (exact) mass is 248 g/mol. The number of aromatic nitrogens is 1. The Morgan fingerprint density at radius 2 is 2.29 bits per heavy atom. The number of nitrogens with zero attached hydrogens (tertiary/aromatic N) is 1. The Morgan fingerprint density at radius 3 is 3.06 bits per heavy atom. The molecule has 0 radical (unpaired) electrons. The highest BCUT2D eigenvalue weighted by Gasteiger charge is 1.97. The van der Waals surface area contributed by atoms with Crippen molar-refractivity contribution < 1.29 is 4.74 Å². The highest BCUT2D eigenvalue weighted by Crippen LogP contribution is 2.13. The molecule has 0 fully saturated rings. The van der Waals surface area contributed by atoms with E-state index >= 15 is 0 Å². The quantitative estimate of drug-likeness (QED) is 0.853. The molecule has 0 amide bonds. The van der Waals surface area contributed by atoms with Crippen LogP contribution in [0.2, 0.25) is 0 Å². The van der Waals surface area contributed by atoms with Crippen LogP contribution in [-0.4, -0.2) is 11.6 Å². The van der Waals surface area contributed by atoms with Crippen LogP contribution in [0.4, 0.5) is 0 Å². The van der Waals surface area contributed by atoms with Gasteiger partial charge < -0.3 is 10.1 Å². The molecule has 1 aromatic heterocycles. The third-order valence-corrected chi connectivity index (χ3v) is 3.10. The summed E-state index contributed by atoms with van der Waals surface area (Å²) in [5.74, 6) is 0.935. The molecule has 0 saturated heterocycles. The van der Waals surface area contributed by atoms with Crippen molar-refractivity contribution in [2.75, 3.05) is 6.61 Å². The molecule has 0 bridgehead atoms. The second-order valence-corrected chi connectivity index (χ2v) is 4.62. The Labute approximate surface area is 105 Å². The second-order valence-electron chi connectivity index (χ2n) is 3.65. The van der Waals surface area contributed by atoms with E-state index in [0.717, 1.165) is 18.8 Å². The van der Waals surface area contributed by atoms with Gasteiger partial charge in [0.15, 0.2) is 0 Å². The van der Waals surface area contributed by atoms with Crippen molar-refractivity contribution in [1.82, 2.24) is 10.3 Å². The lowest BCUT2D eigenvalue weighted by atomic mass is 10.2. The average molecular weight is 248 g/mol. The molecule has 2 rings (SSSR count). The predicted octanol–water partition coefficient (Wildman–Crippen LogP) is 2.83. The van der Waals surface area contributed by atoms with E-state index in [2.05, 4.69) is 22.4 Å². The van der Waals surface area contributed by atoms with Gasteiger partial charge in [-0.3, -0.25) is 4.98 Å². The topological polar surface area (TPSA) is 34.1 Å². The van der Waals surface area contributed by atoms with Crippen molar-refractivity contribution in [2.45, 2.75) is 20.0 Å². The summed E-state index contributed by atoms with van der Waals surface area (Å²) in [6, 6.07) is 8.18. The fourth-order valence-electron chi connectivity index (χ4n) is 1.57. The van der Waals surface area contributed by atoms with Gasteiger partial charge in [0.1, 0.15) is 5.75 Å². The molecule has 0 aliphatic carbocycles. The SMILES string of the molecule is CCOc1cccc(CNCc2cncs2)c1. The Hall–Kier alpha value is -1.39. The fourth-order valence-corrected chi connectivity index (χ4v) is 2.14. The van der Waals surface area contributed by atoms with Crippen LogP contribution >= 0.6 is 11.3 Å². The van der Waals surface area contributed by atoms with Gasteiger partial charge in [0.2, 0.25) is 0 Å². The van der Waals surface area contributed by atoms with Crippen LogP contribution in [0.5, 0.6) is 5.75 Å². The molecule has 1 heterocycles. The van der Waals surface area contributed by atoms with Gasteiger partial charge in [-0.15, -0.1) is 11.3 Å². The van der Waals surface area contributed by atoms with Crippen molar-refractivity contribution in [3.05, 3.63) is 46.4 Å². The minimum atomic E-state index is 0.706. The standard InChI is InChI=1S/C13H16N2OS/c1-2-16-12-5-3-4-11(6-12)7-14-8-13-9-15-10-17-13/h3-6,9-10,14H,2,7-8H2,1H3. The third-order valence-electron chi connectivity index (χ3n) is 2.32. The first-order chi connectivity index (χ1) is 8.38. The number of benzene rings is 1. The van der Waals surface area contributed by atoms with Crippen molar-refractivity contribution in [1.29, 1.82) is 0 Å². The predicted molar refractivity (Wildman–Crippen MR) is 70.3 cm³/mol. The van der Waals surface area contributed by atoms with Gasteiger partial charge in [0.05, 0.1) is 12.1 Å². The van der Waals surface area contributed by atoms with Crippen LogP contribution in [0, 0.1) is 0 Å². The van der Waals surface area contributed by atoms with Crippen LogP contribution in [0.1, 0.15) is 17.4 Å². The van der Waals surface area contributed by atoms with Gasteiger partial charge in [-0.2, -0.15) is 0 Å². The molecular weight excluding hydrogens is 232 g/mol. The van der Waals surface area contributed by atoms with Crippen molar-refractivity contribution in [3.8, 4) is 5.75 Å². The molecule has 0 saturated carbocycles. The largest absolute Gasteiger partial charge is 0.494 e. The number of nitrogens with one attached hydrogen (secondary N) is 1. The molecule has 1 aromatic carbocycles. The molecule has 0 aliphatic rings. The van der Waals surface area contributed by atoms with Crippen LogP contribution in [0.25, 0.3) is 0 Å². The first kappa shape index (κ1) is 12.1. The van der Waals surface area contributed by atoms with E-state index in [9.17, 15) is 0 Å². The van der Waals surface area contributed by atoms with Crippen LogP contribution in [0.3, 0.4) is 0 Å². The van der Waals surface area contributed by atoms with Crippen LogP contribution in [-0.2, 0) is 13.1 Å². The zero-order valence-electron chi connectivity index (χ0n) is 9.85. The van der Waals surface area contributed by atoms with Gasteiger partial charge in [-0.05, 0) is 24.6 Å². The number of hydrogen-bond acceptors (Lipinski definition) is 4. The molecule has 90 valence electrons. The highest BCUT2D eigenvalue weighted by molar-refractivity contribution is 7.09. The molecule has 0 unspecified atom stereocenters. The number of hydrogen-bond donors (Lipinski definition) is 1. The van der Waals surface area contributed by atoms with E-state index in [4.69, 9.17) is 4.74 Å². The third kappa shape index (κ3) is 3.84. The minimum absolute atomic E-state index is 0.706. The number of ether oxygens (including phenoxy) is 1. The number of thiazole rings is 1. The van der Waals surface area contributed by atoms with E-state index in [1.54, 1.807) is 11.3 Å². The highest BCUT2D eigenvalue weighted by atomic mass is 32.1. The molecule has 1 N–H and O–H groups in total. The summed E-state index contributed by atoms with van der Waals surface area (Å²) in [5, 5.41) is 3.39. The van der Waals surface area contributed by atoms with Crippen molar-refractivity contribution >= 4 is 11.3 Å². The van der Waals surface area contributed by atoms with Crippen molar-refractivity contribution in [2.24, 2.45) is 0 Å². The molecule has 0 aliphatic heterocycles. The summed E-state index contributed by atoms with van der Waals surface area (Å²) in [4.78, 5) is 5.30. The summed E-state index contributed by atoms with van der Waals surface area (Å²) < 4.78 is 5.46. The summed E-state index contributed by atoms with van der Waals surface area (Å²) >= 11 is 1.67. The van der Waals surface area contributed by atoms with E-state index in [-0.39, 0.29) is 0 Å². The first-order valence-electron chi connectivity index (χ1n) is 5.68. The fraction of sp³-hybridized carbons (Fsp3) is 0.308. The molecule has 3 nitrogen and oxygen atoms in total. The Morgan fingerprint density at radius 1 is 1.35 bits per heavy atom. The number of rotatable bonds is 6. The maximum absolute atomic E-state index is 5.46. The van der Waals surface area contributed by atoms with Gasteiger partial charge in [-0.25, -0.2) is 0 Å². The van der Waals surface area contributed by atoms with Crippen LogP contribution in [0.15, 0.2) is 36.0 Å². The van der Waals surface area contributed by atoms with Gasteiger partial charge in [0, 0.05) is 24.2 Å². The maximum atomic E-state index is 5.46. The Bertz CT molecular complexity index is 442. The van der Waals surface area contributed by atoms with Crippen LogP contribution < -0.4 is 10.1 Å². The molecule has 0 spiro atoms. The smallest absolute Gasteiger partial charge is 0.119 e. The summed E-state index contributed by atoms with van der Waals surface area (Å²) in [6.45, 7) is 4.41. The summed E-state index contributed by atoms with van der Waals surface area (Å²) in [7, 11) is 0. The zero-order valence-corrected chi connectivity index (χ0v) is 10.7. The average Bonchev–Trinajstić information content (AvgIpc) is 2.83. The Balaban J connectivity index is 1.84. The van der Waals surface area contributed by atoms with E-state index < -0.39 is 0 Å². The first-order valence-corrected chi connectivity index (χ1v) is 6.56. The second kappa shape index (κ2) is 6.37. The lowest BCUT2D eigenvalue weighted by molar-refractivity contribution is 0.340. The molecule has 17 heavy (non-hydrogen) atoms. The summed E-state index contributed by atoms with van der Waals surface area (Å²) in [6.07, 6.45) is 1.90. The van der Waals surface area contributed by atoms with Crippen molar-refractivity contribution in [3.63, 3.8) is 0 Å². The van der Waals surface area contributed by atoms with E-state index in [0.29, 0.717) is 6.61 Å². The van der Waals surface area contributed by atoms with E-state index in [1.807, 2.05) is 30.8 Å². The minimum Gasteiger partial charge on any atom is -0.494 e. The normalized spacial score (nSPS) is 10.4. The van der Waals surface area contributed by atoms with Gasteiger partial charge in [-0.1, -0.05) is 12.1 Å².